The van der Waals surface area contributed by atoms with Crippen molar-refractivity contribution in [3.63, 3.8) is 0 Å². The van der Waals surface area contributed by atoms with E-state index in [9.17, 15) is 4.79 Å². The number of nitrogens with zero attached hydrogens (tertiary/aromatic N) is 1. The van der Waals surface area contributed by atoms with Crippen molar-refractivity contribution in [2.24, 2.45) is 5.92 Å². The summed E-state index contributed by atoms with van der Waals surface area (Å²) < 4.78 is 5.45. The number of rotatable bonds is 3. The molecule has 0 aromatic rings. The molecule has 2 saturated heterocycles. The minimum atomic E-state index is 0.0187. The van der Waals surface area contributed by atoms with E-state index in [1.807, 2.05) is 16.7 Å². The van der Waals surface area contributed by atoms with E-state index in [0.717, 1.165) is 25.4 Å². The number of carbonyl (C=O) groups excluding carboxylic acids is 1. The summed E-state index contributed by atoms with van der Waals surface area (Å²) in [6.07, 6.45) is 0. The van der Waals surface area contributed by atoms with E-state index in [1.165, 1.54) is 0 Å². The molecule has 1 amide bonds. The van der Waals surface area contributed by atoms with Crippen LogP contribution in [-0.2, 0) is 9.53 Å². The summed E-state index contributed by atoms with van der Waals surface area (Å²) in [6, 6.07) is 0.206. The molecule has 3 unspecified atom stereocenters. The molecule has 2 fully saturated rings. The van der Waals surface area contributed by atoms with Gasteiger partial charge in [-0.2, -0.15) is 11.8 Å². The third kappa shape index (κ3) is 3.14. The monoisotopic (exact) mass is 258 g/mol. The normalized spacial score (nSPS) is 34.0. The largest absolute Gasteiger partial charge is 0.379 e. The molecular weight excluding hydrogens is 236 g/mol. The van der Waals surface area contributed by atoms with Crippen LogP contribution in [-0.4, -0.2) is 60.7 Å². The predicted molar refractivity (Wildman–Crippen MR) is 70.3 cm³/mol. The Kier molecular flexibility index (Phi) is 4.70. The number of hydrogen-bond donors (Lipinski definition) is 1. The Hall–Kier alpha value is -0.260. The van der Waals surface area contributed by atoms with Crippen LogP contribution in [0, 0.1) is 5.92 Å². The van der Waals surface area contributed by atoms with Gasteiger partial charge in [-0.25, -0.2) is 0 Å². The van der Waals surface area contributed by atoms with Gasteiger partial charge in [-0.3, -0.25) is 4.79 Å². The highest BCUT2D eigenvalue weighted by Crippen LogP contribution is 2.22. The highest BCUT2D eigenvalue weighted by Gasteiger charge is 2.37. The Morgan fingerprint density at radius 2 is 2.35 bits per heavy atom. The maximum Gasteiger partial charge on any atom is 0.229 e. The van der Waals surface area contributed by atoms with Crippen LogP contribution in [0.3, 0.4) is 0 Å². The molecule has 0 spiro atoms. The summed E-state index contributed by atoms with van der Waals surface area (Å²) in [5.41, 5.74) is 0. The average Bonchev–Trinajstić information content (AvgIpc) is 2.77. The minimum absolute atomic E-state index is 0.0187. The molecule has 1 N–H and O–H groups in total. The molecule has 17 heavy (non-hydrogen) atoms. The fourth-order valence-electron chi connectivity index (χ4n) is 2.51. The van der Waals surface area contributed by atoms with Crippen molar-refractivity contribution in [3.05, 3.63) is 0 Å². The summed E-state index contributed by atoms with van der Waals surface area (Å²) in [4.78, 5) is 14.4. The van der Waals surface area contributed by atoms with Crippen molar-refractivity contribution in [3.8, 4) is 0 Å². The molecule has 3 atom stereocenters. The summed E-state index contributed by atoms with van der Waals surface area (Å²) in [5, 5.41) is 3.91. The molecule has 0 saturated carbocycles. The first-order valence-electron chi connectivity index (χ1n) is 6.44. The maximum atomic E-state index is 12.4. The van der Waals surface area contributed by atoms with Crippen molar-refractivity contribution in [2.75, 3.05) is 38.6 Å². The Morgan fingerprint density at radius 3 is 3.06 bits per heavy atom. The van der Waals surface area contributed by atoms with Crippen LogP contribution in [0.4, 0.5) is 0 Å². The zero-order chi connectivity index (χ0) is 12.3. The second-order valence-electron chi connectivity index (χ2n) is 4.77. The van der Waals surface area contributed by atoms with E-state index in [-0.39, 0.29) is 17.9 Å². The third-order valence-electron chi connectivity index (χ3n) is 3.42. The lowest BCUT2D eigenvalue weighted by molar-refractivity contribution is -0.135. The molecule has 2 aliphatic rings. The molecule has 0 radical (unpaired) electrons. The second kappa shape index (κ2) is 6.07. The lowest BCUT2D eigenvalue weighted by atomic mass is 10.0. The molecule has 98 valence electrons. The van der Waals surface area contributed by atoms with Crippen molar-refractivity contribution < 1.29 is 9.53 Å². The number of carbonyl (C=O) groups is 1. The first-order chi connectivity index (χ1) is 8.22. The molecule has 0 bridgehead atoms. The zero-order valence-corrected chi connectivity index (χ0v) is 11.5. The average molecular weight is 258 g/mol. The molecule has 5 heteroatoms. The summed E-state index contributed by atoms with van der Waals surface area (Å²) >= 11 is 1.95. The van der Waals surface area contributed by atoms with Gasteiger partial charge in [-0.1, -0.05) is 13.8 Å². The van der Waals surface area contributed by atoms with Gasteiger partial charge in [0.05, 0.1) is 19.1 Å². The Morgan fingerprint density at radius 1 is 1.53 bits per heavy atom. The lowest BCUT2D eigenvalue weighted by Gasteiger charge is -2.33. The van der Waals surface area contributed by atoms with Gasteiger partial charge in [0, 0.05) is 30.1 Å². The summed E-state index contributed by atoms with van der Waals surface area (Å²) in [6.45, 7) is 8.18. The minimum Gasteiger partial charge on any atom is -0.379 e. The van der Waals surface area contributed by atoms with E-state index in [0.29, 0.717) is 18.5 Å². The molecule has 0 aliphatic carbocycles. The Balaban J connectivity index is 1.93. The fraction of sp³-hybridized carbons (Fsp3) is 0.917. The van der Waals surface area contributed by atoms with E-state index in [1.54, 1.807) is 0 Å². The molecule has 2 rings (SSSR count). The number of thioether (sulfide) groups is 1. The van der Waals surface area contributed by atoms with E-state index in [4.69, 9.17) is 4.74 Å². The van der Waals surface area contributed by atoms with Gasteiger partial charge in [-0.05, 0) is 6.54 Å². The standard InChI is InChI=1S/C12H22N2O2S/c1-3-13-11-8-16-7-10(11)12(15)14-4-5-17-9(2)6-14/h9-11,13H,3-8H2,1-2H3. The summed E-state index contributed by atoms with van der Waals surface area (Å²) in [7, 11) is 0. The number of hydrogen-bond acceptors (Lipinski definition) is 4. The SMILES string of the molecule is CCNC1COCC1C(=O)N1CCSC(C)C1. The third-order valence-corrected chi connectivity index (χ3v) is 4.55. The molecule has 0 aromatic carbocycles. The van der Waals surface area contributed by atoms with Gasteiger partial charge in [-0.15, -0.1) is 0 Å². The van der Waals surface area contributed by atoms with Crippen molar-refractivity contribution in [1.82, 2.24) is 10.2 Å². The number of likely N-dealkylation sites (N-methyl/N-ethyl adjacent to an activating group) is 1. The van der Waals surface area contributed by atoms with Crippen molar-refractivity contribution >= 4 is 17.7 Å². The van der Waals surface area contributed by atoms with Gasteiger partial charge in [0.2, 0.25) is 5.91 Å². The van der Waals surface area contributed by atoms with Crippen LogP contribution in [0.2, 0.25) is 0 Å². The van der Waals surface area contributed by atoms with Gasteiger partial charge >= 0.3 is 0 Å². The van der Waals surface area contributed by atoms with Crippen molar-refractivity contribution in [1.29, 1.82) is 0 Å². The predicted octanol–water partition coefficient (Wildman–Crippen LogP) is 0.575. The second-order valence-corrected chi connectivity index (χ2v) is 6.32. The van der Waals surface area contributed by atoms with E-state index in [2.05, 4.69) is 19.2 Å². The van der Waals surface area contributed by atoms with Crippen LogP contribution < -0.4 is 5.32 Å². The molecule has 4 nitrogen and oxygen atoms in total. The highest BCUT2D eigenvalue weighted by molar-refractivity contribution is 7.99. The lowest BCUT2D eigenvalue weighted by Crippen LogP contribution is -2.49. The highest BCUT2D eigenvalue weighted by atomic mass is 32.2. The van der Waals surface area contributed by atoms with Gasteiger partial charge < -0.3 is 15.0 Å². The first kappa shape index (κ1) is 13.2. The quantitative estimate of drug-likeness (QED) is 0.804. The number of ether oxygens (including phenoxy) is 1. The number of amides is 1. The van der Waals surface area contributed by atoms with Crippen LogP contribution >= 0.6 is 11.8 Å². The van der Waals surface area contributed by atoms with Gasteiger partial charge in [0.15, 0.2) is 0 Å². The van der Waals surface area contributed by atoms with Gasteiger partial charge in [0.25, 0.3) is 0 Å². The smallest absolute Gasteiger partial charge is 0.229 e. The molecular formula is C12H22N2O2S. The Bertz CT molecular complexity index is 275. The van der Waals surface area contributed by atoms with Crippen LogP contribution in [0.15, 0.2) is 0 Å². The van der Waals surface area contributed by atoms with E-state index >= 15 is 0 Å². The Labute approximate surface area is 107 Å². The molecule has 2 aliphatic heterocycles. The first-order valence-corrected chi connectivity index (χ1v) is 7.48. The van der Waals surface area contributed by atoms with Crippen LogP contribution in [0.5, 0.6) is 0 Å². The summed E-state index contributed by atoms with van der Waals surface area (Å²) in [5.74, 6) is 1.36. The molecule has 0 aromatic heterocycles. The molecule has 2 heterocycles. The topological polar surface area (TPSA) is 41.6 Å². The number of nitrogens with one attached hydrogen (secondary N) is 1. The van der Waals surface area contributed by atoms with Crippen LogP contribution in [0.1, 0.15) is 13.8 Å². The van der Waals surface area contributed by atoms with Gasteiger partial charge in [0.1, 0.15) is 0 Å². The maximum absolute atomic E-state index is 12.4. The zero-order valence-electron chi connectivity index (χ0n) is 10.6. The van der Waals surface area contributed by atoms with Crippen molar-refractivity contribution in [2.45, 2.75) is 25.1 Å². The van der Waals surface area contributed by atoms with E-state index < -0.39 is 0 Å². The fourth-order valence-corrected chi connectivity index (χ4v) is 3.53. The van der Waals surface area contributed by atoms with Crippen LogP contribution in [0.25, 0.3) is 0 Å².